The van der Waals surface area contributed by atoms with Crippen LogP contribution in [0, 0.1) is 13.8 Å². The molecule has 0 radical (unpaired) electrons. The molecule has 0 spiro atoms. The van der Waals surface area contributed by atoms with Crippen LogP contribution in [-0.4, -0.2) is 18.5 Å². The van der Waals surface area contributed by atoms with Crippen LogP contribution in [0.5, 0.6) is 0 Å². The molecule has 1 N–H and O–H groups in total. The van der Waals surface area contributed by atoms with E-state index in [9.17, 15) is 9.59 Å². The average Bonchev–Trinajstić information content (AvgIpc) is 2.53. The van der Waals surface area contributed by atoms with Crippen LogP contribution >= 0.6 is 0 Å². The van der Waals surface area contributed by atoms with Crippen molar-refractivity contribution in [1.29, 1.82) is 0 Å². The summed E-state index contributed by atoms with van der Waals surface area (Å²) in [6.07, 6.45) is 1.88. The molecule has 0 unspecified atom stereocenters. The number of carbonyl (C=O) groups excluding carboxylic acids is 2. The maximum absolute atomic E-state index is 12.1. The van der Waals surface area contributed by atoms with Crippen LogP contribution < -0.4 is 9.88 Å². The molecule has 0 aliphatic heterocycles. The Morgan fingerprint density at radius 1 is 1.13 bits per heavy atom. The molecular weight excluding hydrogens is 292 g/mol. The Morgan fingerprint density at radius 3 is 2.48 bits per heavy atom. The highest BCUT2D eigenvalue weighted by atomic mass is 16.5. The minimum absolute atomic E-state index is 0.118. The lowest BCUT2D eigenvalue weighted by molar-refractivity contribution is -0.690. The Hall–Kier alpha value is -2.69. The molecule has 0 aliphatic carbocycles. The third-order valence-electron chi connectivity index (χ3n) is 3.61. The zero-order valence-corrected chi connectivity index (χ0v) is 13.6. The number of hydrogen-bond donors (Lipinski definition) is 1. The molecule has 23 heavy (non-hydrogen) atoms. The van der Waals surface area contributed by atoms with Gasteiger partial charge in [-0.25, -0.2) is 4.79 Å². The SMILES string of the molecule is CCOC(=O)c1ccc(NC(=O)C[n+]2cccc(C)c2C)cc1. The number of benzene rings is 1. The minimum atomic E-state index is -0.365. The van der Waals surface area contributed by atoms with Gasteiger partial charge in [0, 0.05) is 24.2 Å². The fraction of sp³-hybridized carbons (Fsp3) is 0.278. The van der Waals surface area contributed by atoms with Crippen LogP contribution in [0.3, 0.4) is 0 Å². The molecule has 1 aromatic carbocycles. The molecule has 120 valence electrons. The zero-order valence-electron chi connectivity index (χ0n) is 13.6. The first kappa shape index (κ1) is 16.7. The fourth-order valence-electron chi connectivity index (χ4n) is 2.18. The Bertz CT molecular complexity index is 709. The van der Waals surface area contributed by atoms with Gasteiger partial charge in [0.15, 0.2) is 11.9 Å². The van der Waals surface area contributed by atoms with Gasteiger partial charge in [0.2, 0.25) is 6.54 Å². The van der Waals surface area contributed by atoms with E-state index in [2.05, 4.69) is 5.32 Å². The molecule has 0 aliphatic rings. The largest absolute Gasteiger partial charge is 0.462 e. The molecule has 0 bridgehead atoms. The van der Waals surface area contributed by atoms with E-state index in [1.165, 1.54) is 0 Å². The number of amides is 1. The molecule has 0 atom stereocenters. The second-order valence-electron chi connectivity index (χ2n) is 5.25. The van der Waals surface area contributed by atoms with Crippen molar-refractivity contribution in [3.05, 3.63) is 59.4 Å². The maximum atomic E-state index is 12.1. The number of nitrogens with zero attached hydrogens (tertiary/aromatic N) is 1. The normalized spacial score (nSPS) is 10.2. The lowest BCUT2D eigenvalue weighted by atomic mass is 10.2. The molecular formula is C18H21N2O3+. The number of esters is 1. The van der Waals surface area contributed by atoms with Crippen LogP contribution in [-0.2, 0) is 16.1 Å². The Morgan fingerprint density at radius 2 is 1.83 bits per heavy atom. The van der Waals surface area contributed by atoms with Gasteiger partial charge in [-0.05, 0) is 44.2 Å². The van der Waals surface area contributed by atoms with Gasteiger partial charge < -0.3 is 10.1 Å². The number of aryl methyl sites for hydroxylation is 1. The van der Waals surface area contributed by atoms with E-state index in [0.29, 0.717) is 17.9 Å². The monoisotopic (exact) mass is 313 g/mol. The van der Waals surface area contributed by atoms with Gasteiger partial charge in [0.1, 0.15) is 0 Å². The molecule has 0 saturated carbocycles. The topological polar surface area (TPSA) is 59.3 Å². The zero-order chi connectivity index (χ0) is 16.8. The number of pyridine rings is 1. The van der Waals surface area contributed by atoms with E-state index in [0.717, 1.165) is 11.3 Å². The van der Waals surface area contributed by atoms with Crippen molar-refractivity contribution in [2.45, 2.75) is 27.3 Å². The van der Waals surface area contributed by atoms with E-state index in [4.69, 9.17) is 4.74 Å². The molecule has 0 fully saturated rings. The second kappa shape index (κ2) is 7.54. The van der Waals surface area contributed by atoms with Crippen molar-refractivity contribution in [3.8, 4) is 0 Å². The summed E-state index contributed by atoms with van der Waals surface area (Å²) in [5, 5.41) is 2.82. The number of hydrogen-bond acceptors (Lipinski definition) is 3. The van der Waals surface area contributed by atoms with Gasteiger partial charge in [-0.1, -0.05) is 0 Å². The van der Waals surface area contributed by atoms with Crippen molar-refractivity contribution in [1.82, 2.24) is 0 Å². The molecule has 0 saturated heterocycles. The smallest absolute Gasteiger partial charge is 0.338 e. The fourth-order valence-corrected chi connectivity index (χ4v) is 2.18. The first-order valence-corrected chi connectivity index (χ1v) is 7.54. The lowest BCUT2D eigenvalue weighted by Gasteiger charge is -2.06. The lowest BCUT2D eigenvalue weighted by Crippen LogP contribution is -2.43. The van der Waals surface area contributed by atoms with E-state index in [-0.39, 0.29) is 18.4 Å². The van der Waals surface area contributed by atoms with Crippen LogP contribution in [0.15, 0.2) is 42.6 Å². The average molecular weight is 313 g/mol. The van der Waals surface area contributed by atoms with Gasteiger partial charge in [0.25, 0.3) is 5.91 Å². The van der Waals surface area contributed by atoms with Crippen molar-refractivity contribution in [3.63, 3.8) is 0 Å². The van der Waals surface area contributed by atoms with E-state index < -0.39 is 0 Å². The summed E-state index contributed by atoms with van der Waals surface area (Å²) in [5.41, 5.74) is 3.31. The van der Waals surface area contributed by atoms with Gasteiger partial charge >= 0.3 is 5.97 Å². The molecule has 2 aromatic rings. The number of carbonyl (C=O) groups is 2. The number of ether oxygens (including phenoxy) is 1. The predicted octanol–water partition coefficient (Wildman–Crippen LogP) is 2.41. The van der Waals surface area contributed by atoms with Crippen LogP contribution in [0.1, 0.15) is 28.5 Å². The van der Waals surface area contributed by atoms with Crippen molar-refractivity contribution in [2.75, 3.05) is 11.9 Å². The Balaban J connectivity index is 2.00. The molecule has 5 heteroatoms. The number of aromatic nitrogens is 1. The molecule has 1 aromatic heterocycles. The van der Waals surface area contributed by atoms with E-state index in [1.807, 2.05) is 36.7 Å². The number of rotatable bonds is 5. The Labute approximate surface area is 135 Å². The van der Waals surface area contributed by atoms with Crippen LogP contribution in [0.25, 0.3) is 0 Å². The van der Waals surface area contributed by atoms with Crippen molar-refractivity contribution >= 4 is 17.6 Å². The standard InChI is InChI=1S/C18H20N2O3/c1-4-23-18(22)15-7-9-16(10-8-15)19-17(21)12-20-11-5-6-13(2)14(20)3/h5-11H,4,12H2,1-3H3/p+1. The first-order valence-electron chi connectivity index (χ1n) is 7.54. The maximum Gasteiger partial charge on any atom is 0.338 e. The van der Waals surface area contributed by atoms with Crippen molar-refractivity contribution < 1.29 is 18.9 Å². The summed E-state index contributed by atoms with van der Waals surface area (Å²) in [5.74, 6) is -0.482. The summed E-state index contributed by atoms with van der Waals surface area (Å²) in [6, 6.07) is 10.6. The van der Waals surface area contributed by atoms with Gasteiger partial charge in [-0.15, -0.1) is 0 Å². The van der Waals surface area contributed by atoms with Gasteiger partial charge in [-0.3, -0.25) is 4.79 Å². The third-order valence-corrected chi connectivity index (χ3v) is 3.61. The summed E-state index contributed by atoms with van der Waals surface area (Å²) >= 11 is 0. The molecule has 5 nitrogen and oxygen atoms in total. The quantitative estimate of drug-likeness (QED) is 0.681. The van der Waals surface area contributed by atoms with Gasteiger partial charge in [0.05, 0.1) is 12.2 Å². The number of anilines is 1. The highest BCUT2D eigenvalue weighted by Crippen LogP contribution is 2.10. The summed E-state index contributed by atoms with van der Waals surface area (Å²) in [6.45, 7) is 6.34. The molecule has 1 amide bonds. The summed E-state index contributed by atoms with van der Waals surface area (Å²) in [7, 11) is 0. The highest BCUT2D eigenvalue weighted by molar-refractivity contribution is 5.92. The van der Waals surface area contributed by atoms with E-state index in [1.54, 1.807) is 31.2 Å². The second-order valence-corrected chi connectivity index (χ2v) is 5.25. The molecule has 2 rings (SSSR count). The summed E-state index contributed by atoms with van der Waals surface area (Å²) in [4.78, 5) is 23.7. The van der Waals surface area contributed by atoms with E-state index >= 15 is 0 Å². The molecule has 1 heterocycles. The first-order chi connectivity index (χ1) is 11.0. The third kappa shape index (κ3) is 4.39. The van der Waals surface area contributed by atoms with Crippen LogP contribution in [0.4, 0.5) is 5.69 Å². The minimum Gasteiger partial charge on any atom is -0.462 e. The van der Waals surface area contributed by atoms with Crippen molar-refractivity contribution in [2.24, 2.45) is 0 Å². The van der Waals surface area contributed by atoms with Gasteiger partial charge in [-0.2, -0.15) is 4.57 Å². The predicted molar refractivity (Wildman–Crippen MR) is 87.1 cm³/mol. The Kier molecular flexibility index (Phi) is 5.46. The number of nitrogens with one attached hydrogen (secondary N) is 1. The van der Waals surface area contributed by atoms with Crippen LogP contribution in [0.2, 0.25) is 0 Å². The highest BCUT2D eigenvalue weighted by Gasteiger charge is 2.14. The summed E-state index contributed by atoms with van der Waals surface area (Å²) < 4.78 is 6.82.